The van der Waals surface area contributed by atoms with Crippen LogP contribution in [-0.2, 0) is 0 Å². The van der Waals surface area contributed by atoms with Crippen LogP contribution in [0.2, 0.25) is 0 Å². The van der Waals surface area contributed by atoms with Crippen molar-refractivity contribution in [2.45, 2.75) is 6.36 Å². The summed E-state index contributed by atoms with van der Waals surface area (Å²) in [7, 11) is 0. The minimum absolute atomic E-state index is 0.409. The van der Waals surface area contributed by atoms with Gasteiger partial charge >= 0.3 is 0 Å². The van der Waals surface area contributed by atoms with Crippen molar-refractivity contribution in [3.05, 3.63) is 47.8 Å². The Balaban J connectivity index is 2.32. The second kappa shape index (κ2) is 3.30. The van der Waals surface area contributed by atoms with E-state index in [1.807, 2.05) is 30.3 Å². The third-order valence-corrected chi connectivity index (χ3v) is 2.64. The van der Waals surface area contributed by atoms with E-state index in [0.29, 0.717) is 11.3 Å². The molecule has 80 valence electrons. The fourth-order valence-electron chi connectivity index (χ4n) is 1.88. The first-order valence-corrected chi connectivity index (χ1v) is 4.95. The van der Waals surface area contributed by atoms with E-state index in [1.54, 1.807) is 6.07 Å². The maximum absolute atomic E-state index is 13.1. The molecule has 0 bridgehead atoms. The first kappa shape index (κ1) is 9.33. The Morgan fingerprint density at radius 1 is 1.06 bits per heavy atom. The summed E-state index contributed by atoms with van der Waals surface area (Å²) < 4.78 is 31.1. The smallest absolute Gasteiger partial charge is 0.290 e. The first-order valence-electron chi connectivity index (χ1n) is 4.95. The highest BCUT2D eigenvalue weighted by Gasteiger charge is 2.23. The van der Waals surface area contributed by atoms with Gasteiger partial charge in [-0.1, -0.05) is 36.4 Å². The molecule has 3 heteroatoms. The molecule has 1 atom stereocenters. The molecule has 1 aliphatic heterocycles. The van der Waals surface area contributed by atoms with E-state index in [1.165, 1.54) is 6.08 Å². The lowest BCUT2D eigenvalue weighted by Crippen LogP contribution is -2.15. The molecule has 0 aliphatic carbocycles. The molecule has 1 unspecified atom stereocenters. The zero-order valence-corrected chi connectivity index (χ0v) is 8.28. The fourth-order valence-corrected chi connectivity index (χ4v) is 1.88. The Hall–Kier alpha value is -1.90. The number of rotatable bonds is 0. The Morgan fingerprint density at radius 2 is 1.88 bits per heavy atom. The van der Waals surface area contributed by atoms with E-state index in [0.717, 1.165) is 10.8 Å². The SMILES string of the molecule is FC1=Cc2ccc3ccccc3c2OC1F. The molecule has 3 rings (SSSR count). The maximum Gasteiger partial charge on any atom is 0.290 e. The molecule has 0 amide bonds. The Kier molecular flexibility index (Phi) is 1.93. The van der Waals surface area contributed by atoms with Crippen LogP contribution in [-0.4, -0.2) is 6.36 Å². The van der Waals surface area contributed by atoms with Crippen molar-refractivity contribution in [3.8, 4) is 5.75 Å². The summed E-state index contributed by atoms with van der Waals surface area (Å²) in [6.07, 6.45) is -0.811. The number of hydrogen-bond acceptors (Lipinski definition) is 1. The lowest BCUT2D eigenvalue weighted by molar-refractivity contribution is 0.0793. The molecule has 2 aromatic rings. The van der Waals surface area contributed by atoms with Crippen LogP contribution in [0.4, 0.5) is 8.78 Å². The van der Waals surface area contributed by atoms with Crippen molar-refractivity contribution in [2.24, 2.45) is 0 Å². The molecule has 0 saturated heterocycles. The van der Waals surface area contributed by atoms with Gasteiger partial charge in [0.1, 0.15) is 5.75 Å². The van der Waals surface area contributed by atoms with Crippen molar-refractivity contribution in [3.63, 3.8) is 0 Å². The van der Waals surface area contributed by atoms with Crippen molar-refractivity contribution in [1.29, 1.82) is 0 Å². The molecule has 0 N–H and O–H groups in total. The van der Waals surface area contributed by atoms with Crippen molar-refractivity contribution >= 4 is 16.8 Å². The van der Waals surface area contributed by atoms with Crippen LogP contribution < -0.4 is 4.74 Å². The summed E-state index contributed by atoms with van der Waals surface area (Å²) >= 11 is 0. The number of ether oxygens (including phenoxy) is 1. The minimum Gasteiger partial charge on any atom is -0.452 e. The Bertz CT molecular complexity index is 590. The first-order chi connectivity index (χ1) is 7.75. The van der Waals surface area contributed by atoms with Gasteiger partial charge in [-0.05, 0) is 11.5 Å². The summed E-state index contributed by atoms with van der Waals surface area (Å²) in [5.74, 6) is -0.477. The zero-order valence-electron chi connectivity index (χ0n) is 8.28. The number of hydrogen-bond donors (Lipinski definition) is 0. The van der Waals surface area contributed by atoms with Gasteiger partial charge in [0.05, 0.1) is 0 Å². The van der Waals surface area contributed by atoms with E-state index >= 15 is 0 Å². The average molecular weight is 218 g/mol. The average Bonchev–Trinajstić information content (AvgIpc) is 2.31. The highest BCUT2D eigenvalue weighted by molar-refractivity contribution is 5.92. The molecule has 0 spiro atoms. The summed E-state index contributed by atoms with van der Waals surface area (Å²) in [5, 5.41) is 1.75. The molecule has 1 aliphatic rings. The third kappa shape index (κ3) is 1.28. The molecule has 0 saturated carbocycles. The largest absolute Gasteiger partial charge is 0.452 e. The second-order valence-corrected chi connectivity index (χ2v) is 3.67. The van der Waals surface area contributed by atoms with Gasteiger partial charge in [0.25, 0.3) is 6.36 Å². The van der Waals surface area contributed by atoms with Gasteiger partial charge < -0.3 is 4.74 Å². The van der Waals surface area contributed by atoms with Crippen LogP contribution in [0.3, 0.4) is 0 Å². The van der Waals surface area contributed by atoms with Gasteiger partial charge in [-0.25, -0.2) is 4.39 Å². The Labute approximate surface area is 91.0 Å². The summed E-state index contributed by atoms with van der Waals surface area (Å²) in [4.78, 5) is 0. The van der Waals surface area contributed by atoms with Crippen LogP contribution in [0.15, 0.2) is 42.2 Å². The molecule has 2 aromatic carbocycles. The lowest BCUT2D eigenvalue weighted by Gasteiger charge is -2.19. The number of benzene rings is 2. The fraction of sp³-hybridized carbons (Fsp3) is 0.0769. The molecule has 16 heavy (non-hydrogen) atoms. The molecule has 0 aromatic heterocycles. The number of alkyl halides is 1. The highest BCUT2D eigenvalue weighted by atomic mass is 19.2. The molecule has 0 fully saturated rings. The monoisotopic (exact) mass is 218 g/mol. The normalized spacial score (nSPS) is 18.9. The number of fused-ring (bicyclic) bond motifs is 3. The molecule has 1 nitrogen and oxygen atoms in total. The van der Waals surface area contributed by atoms with Crippen molar-refractivity contribution < 1.29 is 13.5 Å². The van der Waals surface area contributed by atoms with E-state index in [2.05, 4.69) is 0 Å². The minimum atomic E-state index is -1.99. The van der Waals surface area contributed by atoms with E-state index in [-0.39, 0.29) is 0 Å². The molecule has 0 radical (unpaired) electrons. The van der Waals surface area contributed by atoms with E-state index < -0.39 is 12.2 Å². The van der Waals surface area contributed by atoms with Crippen LogP contribution in [0.25, 0.3) is 16.8 Å². The Morgan fingerprint density at radius 3 is 2.75 bits per heavy atom. The van der Waals surface area contributed by atoms with Gasteiger partial charge in [0, 0.05) is 10.9 Å². The second-order valence-electron chi connectivity index (χ2n) is 3.67. The summed E-state index contributed by atoms with van der Waals surface area (Å²) in [5.41, 5.74) is 0.574. The standard InChI is InChI=1S/C13H8F2O/c14-11-7-9-6-5-8-3-1-2-4-10(8)12(9)16-13(11)15/h1-7,13H. The van der Waals surface area contributed by atoms with Crippen LogP contribution >= 0.6 is 0 Å². The quantitative estimate of drug-likeness (QED) is 0.652. The van der Waals surface area contributed by atoms with Crippen LogP contribution in [0, 0.1) is 0 Å². The summed E-state index contributed by atoms with van der Waals surface area (Å²) in [6, 6.07) is 11.1. The highest BCUT2D eigenvalue weighted by Crippen LogP contribution is 2.36. The predicted octanol–water partition coefficient (Wildman–Crippen LogP) is 3.84. The van der Waals surface area contributed by atoms with Gasteiger partial charge in [0.15, 0.2) is 5.83 Å². The molecular formula is C13H8F2O. The van der Waals surface area contributed by atoms with E-state index in [4.69, 9.17) is 4.74 Å². The van der Waals surface area contributed by atoms with Crippen molar-refractivity contribution in [1.82, 2.24) is 0 Å². The van der Waals surface area contributed by atoms with Crippen molar-refractivity contribution in [2.75, 3.05) is 0 Å². The predicted molar refractivity (Wildman–Crippen MR) is 58.6 cm³/mol. The topological polar surface area (TPSA) is 9.23 Å². The van der Waals surface area contributed by atoms with Crippen LogP contribution in [0.1, 0.15) is 5.56 Å². The van der Waals surface area contributed by atoms with Gasteiger partial charge in [0.2, 0.25) is 0 Å². The van der Waals surface area contributed by atoms with Crippen LogP contribution in [0.5, 0.6) is 5.75 Å². The molecule has 1 heterocycles. The van der Waals surface area contributed by atoms with E-state index in [9.17, 15) is 8.78 Å². The lowest BCUT2D eigenvalue weighted by atomic mass is 10.0. The zero-order chi connectivity index (χ0) is 11.1. The van der Waals surface area contributed by atoms with Gasteiger partial charge in [-0.2, -0.15) is 4.39 Å². The third-order valence-electron chi connectivity index (χ3n) is 2.64. The molecular weight excluding hydrogens is 210 g/mol. The van der Waals surface area contributed by atoms with Gasteiger partial charge in [-0.15, -0.1) is 0 Å². The van der Waals surface area contributed by atoms with Gasteiger partial charge in [-0.3, -0.25) is 0 Å². The number of halogens is 2. The maximum atomic E-state index is 13.1. The summed E-state index contributed by atoms with van der Waals surface area (Å²) in [6.45, 7) is 0.